The molecule has 0 bridgehead atoms. The first-order valence-corrected chi connectivity index (χ1v) is 7.28. The van der Waals surface area contributed by atoms with Gasteiger partial charge in [-0.15, -0.1) is 0 Å². The van der Waals surface area contributed by atoms with E-state index in [1.807, 2.05) is 12.1 Å². The summed E-state index contributed by atoms with van der Waals surface area (Å²) in [6.45, 7) is 0. The molecule has 0 saturated heterocycles. The Morgan fingerprint density at radius 1 is 1.21 bits per heavy atom. The highest BCUT2D eigenvalue weighted by atomic mass is 79.9. The van der Waals surface area contributed by atoms with Crippen molar-refractivity contribution in [2.45, 2.75) is 25.7 Å². The fourth-order valence-electron chi connectivity index (χ4n) is 2.60. The second kappa shape index (κ2) is 5.25. The van der Waals surface area contributed by atoms with Gasteiger partial charge >= 0.3 is 0 Å². The van der Waals surface area contributed by atoms with Gasteiger partial charge in [-0.25, -0.2) is 0 Å². The number of carbonyl (C=O) groups excluding carboxylic acids is 1. The Morgan fingerprint density at radius 2 is 2.05 bits per heavy atom. The maximum atomic E-state index is 12.2. The van der Waals surface area contributed by atoms with Crippen LogP contribution >= 0.6 is 15.9 Å². The van der Waals surface area contributed by atoms with Gasteiger partial charge in [0.15, 0.2) is 5.78 Å². The summed E-state index contributed by atoms with van der Waals surface area (Å²) in [6, 6.07) is 10.1. The highest BCUT2D eigenvalue weighted by Gasteiger charge is 2.15. The third kappa shape index (κ3) is 2.61. The van der Waals surface area contributed by atoms with Gasteiger partial charge in [-0.05, 0) is 64.0 Å². The van der Waals surface area contributed by atoms with Gasteiger partial charge in [-0.1, -0.05) is 18.2 Å². The first kappa shape index (κ1) is 12.5. The van der Waals surface area contributed by atoms with Crippen LogP contribution in [0.3, 0.4) is 0 Å². The van der Waals surface area contributed by atoms with Crippen LogP contribution in [0.4, 0.5) is 0 Å². The van der Waals surface area contributed by atoms with Crippen molar-refractivity contribution in [1.82, 2.24) is 4.98 Å². The van der Waals surface area contributed by atoms with Crippen molar-refractivity contribution < 1.29 is 4.79 Å². The summed E-state index contributed by atoms with van der Waals surface area (Å²) in [5, 5.41) is 0. The molecule has 0 atom stereocenters. The Balaban J connectivity index is 1.82. The van der Waals surface area contributed by atoms with Crippen LogP contribution in [0.2, 0.25) is 0 Å². The first-order valence-electron chi connectivity index (χ1n) is 6.48. The van der Waals surface area contributed by atoms with Crippen LogP contribution in [-0.4, -0.2) is 10.8 Å². The molecule has 19 heavy (non-hydrogen) atoms. The summed E-state index contributed by atoms with van der Waals surface area (Å²) >= 11 is 3.38. The number of carbonyl (C=O) groups is 1. The maximum absolute atomic E-state index is 12.2. The molecule has 0 amide bonds. The van der Waals surface area contributed by atoms with Crippen LogP contribution in [-0.2, 0) is 19.3 Å². The topological polar surface area (TPSA) is 30.0 Å². The minimum absolute atomic E-state index is 0.0606. The molecule has 2 nitrogen and oxygen atoms in total. The molecule has 96 valence electrons. The van der Waals surface area contributed by atoms with E-state index in [0.29, 0.717) is 12.1 Å². The molecule has 0 saturated carbocycles. The van der Waals surface area contributed by atoms with Crippen LogP contribution in [0, 0.1) is 0 Å². The van der Waals surface area contributed by atoms with Crippen LogP contribution in [0.25, 0.3) is 0 Å². The molecule has 0 spiro atoms. The number of halogens is 1. The van der Waals surface area contributed by atoms with E-state index in [-0.39, 0.29) is 5.78 Å². The zero-order valence-corrected chi connectivity index (χ0v) is 12.1. The molecule has 0 aliphatic heterocycles. The van der Waals surface area contributed by atoms with Gasteiger partial charge in [0.2, 0.25) is 0 Å². The Labute approximate surface area is 121 Å². The van der Waals surface area contributed by atoms with Crippen molar-refractivity contribution >= 4 is 21.7 Å². The number of Topliss-reactive ketones (excluding diaryl/α,β-unsaturated/α-hetero) is 1. The van der Waals surface area contributed by atoms with Crippen molar-refractivity contribution in [3.8, 4) is 0 Å². The van der Waals surface area contributed by atoms with E-state index in [4.69, 9.17) is 0 Å². The molecule has 3 heteroatoms. The van der Waals surface area contributed by atoms with Gasteiger partial charge in [0.1, 0.15) is 5.69 Å². The van der Waals surface area contributed by atoms with Gasteiger partial charge in [-0.2, -0.15) is 0 Å². The van der Waals surface area contributed by atoms with E-state index in [9.17, 15) is 4.79 Å². The number of rotatable bonds is 3. The van der Waals surface area contributed by atoms with Gasteiger partial charge in [0.25, 0.3) is 0 Å². The zero-order chi connectivity index (χ0) is 13.2. The van der Waals surface area contributed by atoms with Crippen LogP contribution < -0.4 is 0 Å². The molecule has 2 aromatic rings. The average Bonchev–Trinajstić information content (AvgIpc) is 2.86. The molecule has 0 fully saturated rings. The minimum Gasteiger partial charge on any atom is -0.292 e. The van der Waals surface area contributed by atoms with E-state index in [1.54, 1.807) is 6.20 Å². The Hall–Kier alpha value is -1.48. The maximum Gasteiger partial charge on any atom is 0.186 e. The van der Waals surface area contributed by atoms with E-state index in [0.717, 1.165) is 16.5 Å². The van der Waals surface area contributed by atoms with Crippen LogP contribution in [0.5, 0.6) is 0 Å². The van der Waals surface area contributed by atoms with E-state index < -0.39 is 0 Å². The van der Waals surface area contributed by atoms with Crippen molar-refractivity contribution in [3.63, 3.8) is 0 Å². The van der Waals surface area contributed by atoms with Crippen molar-refractivity contribution in [3.05, 3.63) is 63.4 Å². The summed E-state index contributed by atoms with van der Waals surface area (Å²) in [7, 11) is 0. The fraction of sp³-hybridized carbons (Fsp3) is 0.250. The average molecular weight is 316 g/mol. The standard InChI is InChI=1S/C16H14BrNO/c17-14-5-2-8-18-16(14)15(19)10-11-6-7-12-3-1-4-13(12)9-11/h2,5-9H,1,3-4,10H2. The number of pyridine rings is 1. The summed E-state index contributed by atoms with van der Waals surface area (Å²) in [4.78, 5) is 16.4. The molecule has 1 aromatic carbocycles. The molecule has 0 radical (unpaired) electrons. The lowest BCUT2D eigenvalue weighted by molar-refractivity contribution is 0.0987. The highest BCUT2D eigenvalue weighted by molar-refractivity contribution is 9.10. The molecule has 3 rings (SSSR count). The lowest BCUT2D eigenvalue weighted by Gasteiger charge is -2.05. The van der Waals surface area contributed by atoms with Crippen molar-refractivity contribution in [1.29, 1.82) is 0 Å². The quantitative estimate of drug-likeness (QED) is 0.807. The second-order valence-corrected chi connectivity index (χ2v) is 5.74. The number of fused-ring (bicyclic) bond motifs is 1. The number of hydrogen-bond acceptors (Lipinski definition) is 2. The number of ketones is 1. The van der Waals surface area contributed by atoms with Crippen LogP contribution in [0.15, 0.2) is 41.0 Å². The van der Waals surface area contributed by atoms with Crippen LogP contribution in [0.1, 0.15) is 33.6 Å². The van der Waals surface area contributed by atoms with Crippen molar-refractivity contribution in [2.24, 2.45) is 0 Å². The molecule has 0 unspecified atom stereocenters. The smallest absolute Gasteiger partial charge is 0.186 e. The van der Waals surface area contributed by atoms with Gasteiger partial charge in [0, 0.05) is 17.1 Å². The number of aromatic nitrogens is 1. The molecule has 1 heterocycles. The zero-order valence-electron chi connectivity index (χ0n) is 10.5. The third-order valence-electron chi connectivity index (χ3n) is 3.55. The predicted octanol–water partition coefficient (Wildman–Crippen LogP) is 3.76. The van der Waals surface area contributed by atoms with Crippen molar-refractivity contribution in [2.75, 3.05) is 0 Å². The fourth-order valence-corrected chi connectivity index (χ4v) is 3.07. The molecule has 1 aliphatic carbocycles. The number of benzene rings is 1. The second-order valence-electron chi connectivity index (χ2n) is 4.89. The van der Waals surface area contributed by atoms with Gasteiger partial charge in [-0.3, -0.25) is 9.78 Å². The van der Waals surface area contributed by atoms with E-state index in [1.165, 1.54) is 24.0 Å². The summed E-state index contributed by atoms with van der Waals surface area (Å²) < 4.78 is 0.765. The van der Waals surface area contributed by atoms with E-state index >= 15 is 0 Å². The summed E-state index contributed by atoms with van der Waals surface area (Å²) in [5.41, 5.74) is 4.45. The molecular formula is C16H14BrNO. The number of hydrogen-bond donors (Lipinski definition) is 0. The number of aryl methyl sites for hydroxylation is 2. The number of nitrogens with zero attached hydrogens (tertiary/aromatic N) is 1. The SMILES string of the molecule is O=C(Cc1ccc2c(c1)CCC2)c1ncccc1Br. The van der Waals surface area contributed by atoms with E-state index in [2.05, 4.69) is 39.1 Å². The Kier molecular flexibility index (Phi) is 3.47. The minimum atomic E-state index is 0.0606. The lowest BCUT2D eigenvalue weighted by atomic mass is 10.0. The first-order chi connectivity index (χ1) is 9.24. The highest BCUT2D eigenvalue weighted by Crippen LogP contribution is 2.24. The van der Waals surface area contributed by atoms with Gasteiger partial charge < -0.3 is 0 Å². The molecular weight excluding hydrogens is 302 g/mol. The summed E-state index contributed by atoms with van der Waals surface area (Å²) in [5.74, 6) is 0.0606. The molecule has 1 aliphatic rings. The third-order valence-corrected chi connectivity index (χ3v) is 4.19. The lowest BCUT2D eigenvalue weighted by Crippen LogP contribution is -2.07. The predicted molar refractivity (Wildman–Crippen MR) is 78.4 cm³/mol. The normalized spacial score (nSPS) is 13.3. The largest absolute Gasteiger partial charge is 0.292 e. The summed E-state index contributed by atoms with van der Waals surface area (Å²) in [6.07, 6.45) is 5.63. The molecule has 1 aromatic heterocycles. The molecule has 0 N–H and O–H groups in total. The Bertz CT molecular complexity index is 636. The monoisotopic (exact) mass is 315 g/mol. The van der Waals surface area contributed by atoms with Gasteiger partial charge in [0.05, 0.1) is 0 Å². The Morgan fingerprint density at radius 3 is 2.89 bits per heavy atom.